The van der Waals surface area contributed by atoms with Crippen LogP contribution in [0.3, 0.4) is 0 Å². The van der Waals surface area contributed by atoms with E-state index in [1.807, 2.05) is 39.6 Å². The standard InChI is InChI=1S/C29H56N2O4.C25H52O3.CH2O.CH4/c1-7-8-9-10-11-12-13-14-17-22-34-28(33)29(3,4)19-15-16-20-31-24-26(23-25(31)2)35-27(32)18-21-30(5)6;1-5-7-9-11-15-19-24(20-16-12-10-8-6-2)27-23-25(3,4)21-17-13-14-18-22-28-26;1-2;/h25-26H,7-24H2,1-6H3;24,26H,5-23H2,1-4H3;1H2;1H4/t25-,26+;;;/m1.../s1. The Hall–Kier alpha value is -1.59. The van der Waals surface area contributed by atoms with Gasteiger partial charge in [-0.05, 0) is 91.8 Å². The number of ether oxygens (including phenoxy) is 3. The molecule has 66 heavy (non-hydrogen) atoms. The van der Waals surface area contributed by atoms with E-state index in [2.05, 4.69) is 51.3 Å². The molecule has 1 rings (SSSR count). The van der Waals surface area contributed by atoms with Crippen molar-refractivity contribution in [2.45, 2.75) is 280 Å². The highest BCUT2D eigenvalue weighted by molar-refractivity contribution is 5.75. The van der Waals surface area contributed by atoms with Crippen molar-refractivity contribution in [1.29, 1.82) is 0 Å². The van der Waals surface area contributed by atoms with Crippen molar-refractivity contribution in [3.05, 3.63) is 0 Å². The van der Waals surface area contributed by atoms with Crippen LogP contribution >= 0.6 is 0 Å². The zero-order chi connectivity index (χ0) is 49.0. The van der Waals surface area contributed by atoms with Gasteiger partial charge in [-0.15, -0.1) is 0 Å². The van der Waals surface area contributed by atoms with Crippen LogP contribution in [0.2, 0.25) is 0 Å². The third-order valence-corrected chi connectivity index (χ3v) is 13.1. The number of esters is 2. The lowest BCUT2D eigenvalue weighted by atomic mass is 9.87. The second-order valence-corrected chi connectivity index (χ2v) is 21.1. The number of likely N-dealkylation sites (tertiary alicyclic amines) is 1. The quantitative estimate of drug-likeness (QED) is 0.0275. The molecule has 10 heteroatoms. The van der Waals surface area contributed by atoms with Gasteiger partial charge in [0.2, 0.25) is 0 Å². The summed E-state index contributed by atoms with van der Waals surface area (Å²) in [7, 11) is 3.93. The first-order valence-corrected chi connectivity index (χ1v) is 27.1. The summed E-state index contributed by atoms with van der Waals surface area (Å²) in [6.07, 6.45) is 37.9. The van der Waals surface area contributed by atoms with E-state index in [0.717, 1.165) is 77.6 Å². The third-order valence-electron chi connectivity index (χ3n) is 13.1. The first-order valence-electron chi connectivity index (χ1n) is 27.1. The summed E-state index contributed by atoms with van der Waals surface area (Å²) in [5, 5.41) is 8.37. The van der Waals surface area contributed by atoms with Gasteiger partial charge >= 0.3 is 11.9 Å². The van der Waals surface area contributed by atoms with Gasteiger partial charge < -0.3 is 23.9 Å². The number of unbranched alkanes of at least 4 members (excludes halogenated alkanes) is 20. The van der Waals surface area contributed by atoms with Gasteiger partial charge in [0.15, 0.2) is 0 Å². The summed E-state index contributed by atoms with van der Waals surface area (Å²) >= 11 is 0. The van der Waals surface area contributed by atoms with E-state index in [4.69, 9.17) is 24.3 Å². The van der Waals surface area contributed by atoms with Crippen LogP contribution < -0.4 is 0 Å². The molecule has 1 heterocycles. The summed E-state index contributed by atoms with van der Waals surface area (Å²) in [5.41, 5.74) is -0.170. The summed E-state index contributed by atoms with van der Waals surface area (Å²) in [6.45, 7) is 24.2. The maximum atomic E-state index is 12.6. The smallest absolute Gasteiger partial charge is 0.311 e. The highest BCUT2D eigenvalue weighted by atomic mass is 17.1. The number of carbonyl (C=O) groups is 3. The fraction of sp³-hybridized carbons (Fsp3) is 0.946. The molecule has 0 aromatic carbocycles. The van der Waals surface area contributed by atoms with E-state index >= 15 is 0 Å². The van der Waals surface area contributed by atoms with E-state index in [0.29, 0.717) is 31.8 Å². The Morgan fingerprint density at radius 1 is 0.682 bits per heavy atom. The van der Waals surface area contributed by atoms with Crippen molar-refractivity contribution in [2.24, 2.45) is 10.8 Å². The van der Waals surface area contributed by atoms with Gasteiger partial charge in [0.1, 0.15) is 12.9 Å². The molecule has 1 aliphatic heterocycles. The lowest BCUT2D eigenvalue weighted by Gasteiger charge is -2.28. The Bertz CT molecular complexity index is 1040. The van der Waals surface area contributed by atoms with E-state index in [1.54, 1.807) is 0 Å². The van der Waals surface area contributed by atoms with Crippen molar-refractivity contribution in [2.75, 3.05) is 53.6 Å². The van der Waals surface area contributed by atoms with Crippen molar-refractivity contribution < 1.29 is 38.7 Å². The van der Waals surface area contributed by atoms with Crippen LogP contribution in [-0.2, 0) is 33.5 Å². The Morgan fingerprint density at radius 3 is 1.67 bits per heavy atom. The number of carbonyl (C=O) groups excluding carboxylic acids is 3. The molecule has 0 saturated carbocycles. The molecule has 0 aromatic heterocycles. The van der Waals surface area contributed by atoms with Crippen LogP contribution in [0, 0.1) is 10.8 Å². The zero-order valence-electron chi connectivity index (χ0n) is 44.8. The van der Waals surface area contributed by atoms with E-state index in [-0.39, 0.29) is 30.9 Å². The Labute approximate surface area is 410 Å². The zero-order valence-corrected chi connectivity index (χ0v) is 44.8. The van der Waals surface area contributed by atoms with Crippen molar-refractivity contribution in [1.82, 2.24) is 9.80 Å². The molecule has 1 fully saturated rings. The van der Waals surface area contributed by atoms with Crippen LogP contribution in [0.15, 0.2) is 0 Å². The molecule has 0 radical (unpaired) electrons. The van der Waals surface area contributed by atoms with Gasteiger partial charge in [0, 0.05) is 25.6 Å². The summed E-state index contributed by atoms with van der Waals surface area (Å²) in [5.74, 6) is -0.156. The first-order chi connectivity index (χ1) is 31.2. The molecule has 0 bridgehead atoms. The minimum Gasteiger partial charge on any atom is -0.465 e. The fourth-order valence-electron chi connectivity index (χ4n) is 8.56. The van der Waals surface area contributed by atoms with Crippen molar-refractivity contribution >= 4 is 18.7 Å². The van der Waals surface area contributed by atoms with Gasteiger partial charge in [-0.1, -0.05) is 183 Å². The topological polar surface area (TPSA) is 115 Å². The van der Waals surface area contributed by atoms with E-state index < -0.39 is 5.41 Å². The molecule has 0 spiro atoms. The predicted octanol–water partition coefficient (Wildman–Crippen LogP) is 15.2. The van der Waals surface area contributed by atoms with Crippen LogP contribution in [0.4, 0.5) is 0 Å². The number of nitrogens with zero attached hydrogens (tertiary/aromatic N) is 2. The number of hydrogen-bond donors (Lipinski definition) is 1. The molecule has 1 N–H and O–H groups in total. The minimum absolute atomic E-state index is 0. The van der Waals surface area contributed by atoms with Crippen molar-refractivity contribution in [3.8, 4) is 0 Å². The monoisotopic (exact) mass is 943 g/mol. The third kappa shape index (κ3) is 42.5. The lowest BCUT2D eigenvalue weighted by molar-refractivity contribution is -0.242. The second-order valence-electron chi connectivity index (χ2n) is 21.1. The number of hydrogen-bond acceptors (Lipinski definition) is 10. The molecule has 0 aliphatic carbocycles. The molecule has 1 saturated heterocycles. The molecule has 0 amide bonds. The molecule has 10 nitrogen and oxygen atoms in total. The first kappa shape index (κ1) is 68.7. The maximum Gasteiger partial charge on any atom is 0.311 e. The van der Waals surface area contributed by atoms with Gasteiger partial charge in [0.25, 0.3) is 0 Å². The van der Waals surface area contributed by atoms with Crippen molar-refractivity contribution in [3.63, 3.8) is 0 Å². The van der Waals surface area contributed by atoms with Gasteiger partial charge in [-0.25, -0.2) is 4.89 Å². The average molecular weight is 944 g/mol. The minimum atomic E-state index is -0.430. The summed E-state index contributed by atoms with van der Waals surface area (Å²) < 4.78 is 17.7. The van der Waals surface area contributed by atoms with Crippen LogP contribution in [-0.4, -0.2) is 106 Å². The SMILES string of the molecule is C.C=O.CCCCCCCC(CCCCCCC)OCC(C)(C)CCCCCCOO.CCCCCCCCCCCOC(=O)C(C)(C)CCCCN1C[C@@H](OC(=O)CCN(C)C)C[C@H]1C. The molecule has 396 valence electrons. The van der Waals surface area contributed by atoms with Crippen LogP contribution in [0.25, 0.3) is 0 Å². The molecular formula is C56H114N2O8. The second kappa shape index (κ2) is 47.1. The number of rotatable bonds is 42. The fourth-order valence-corrected chi connectivity index (χ4v) is 8.56. The molecular weight excluding hydrogens is 829 g/mol. The Morgan fingerprint density at radius 2 is 1.15 bits per heavy atom. The van der Waals surface area contributed by atoms with Crippen LogP contribution in [0.1, 0.15) is 262 Å². The molecule has 0 aromatic rings. The highest BCUT2D eigenvalue weighted by Crippen LogP contribution is 2.28. The summed E-state index contributed by atoms with van der Waals surface area (Å²) in [4.78, 5) is 41.1. The molecule has 1 aliphatic rings. The van der Waals surface area contributed by atoms with Crippen LogP contribution in [0.5, 0.6) is 0 Å². The largest absolute Gasteiger partial charge is 0.465 e. The predicted molar refractivity (Wildman–Crippen MR) is 280 cm³/mol. The Kier molecular flexibility index (Phi) is 49.0. The Balaban J connectivity index is -0.00000117. The maximum absolute atomic E-state index is 12.6. The van der Waals surface area contributed by atoms with E-state index in [1.165, 1.54) is 141 Å². The average Bonchev–Trinajstić information content (AvgIpc) is 3.63. The van der Waals surface area contributed by atoms with Gasteiger partial charge in [-0.2, -0.15) is 0 Å². The molecule has 0 unspecified atom stereocenters. The summed E-state index contributed by atoms with van der Waals surface area (Å²) in [6, 6.07) is 0.427. The lowest BCUT2D eigenvalue weighted by Crippen LogP contribution is -2.30. The molecule has 2 atom stereocenters. The van der Waals surface area contributed by atoms with Gasteiger partial charge in [0.05, 0.1) is 37.8 Å². The normalized spacial score (nSPS) is 15.2. The van der Waals surface area contributed by atoms with E-state index in [9.17, 15) is 9.59 Å². The highest BCUT2D eigenvalue weighted by Gasteiger charge is 2.32. The van der Waals surface area contributed by atoms with Gasteiger partial charge in [-0.3, -0.25) is 19.7 Å².